The minimum absolute atomic E-state index is 0.368. The van der Waals surface area contributed by atoms with Crippen LogP contribution in [0, 0.1) is 13.8 Å². The molecule has 0 aliphatic carbocycles. The fourth-order valence-corrected chi connectivity index (χ4v) is 2.85. The van der Waals surface area contributed by atoms with Crippen molar-refractivity contribution in [1.82, 2.24) is 0 Å². The smallest absolute Gasteiger partial charge is 0.137 e. The number of likely N-dealkylation sites (tertiary alicyclic amines) is 1. The quantitative estimate of drug-likeness (QED) is 0.835. The van der Waals surface area contributed by atoms with Crippen molar-refractivity contribution in [1.29, 1.82) is 0 Å². The highest BCUT2D eigenvalue weighted by Crippen LogP contribution is 2.22. The standard InChI is InChI=1S/C16H25NO2/c1-13-7-6-8-14(2)16(13)19-12-15(18)11-17-9-4-3-5-10-17/h6-8,15,18H,3-5,9-12H2,1-2H3/p+1. The van der Waals surface area contributed by atoms with Crippen LogP contribution in [0.3, 0.4) is 0 Å². The highest BCUT2D eigenvalue weighted by molar-refractivity contribution is 5.39. The number of benzene rings is 1. The molecule has 1 fully saturated rings. The Morgan fingerprint density at radius 2 is 1.79 bits per heavy atom. The molecule has 1 atom stereocenters. The summed E-state index contributed by atoms with van der Waals surface area (Å²) in [6.07, 6.45) is 3.56. The van der Waals surface area contributed by atoms with E-state index in [4.69, 9.17) is 4.74 Å². The van der Waals surface area contributed by atoms with E-state index in [0.29, 0.717) is 6.61 Å². The van der Waals surface area contributed by atoms with Crippen LogP contribution in [-0.4, -0.2) is 37.5 Å². The van der Waals surface area contributed by atoms with E-state index in [-0.39, 0.29) is 6.10 Å². The van der Waals surface area contributed by atoms with Gasteiger partial charge in [0.2, 0.25) is 0 Å². The second-order valence-electron chi connectivity index (χ2n) is 5.70. The first-order chi connectivity index (χ1) is 9.16. The first kappa shape index (κ1) is 14.4. The van der Waals surface area contributed by atoms with Gasteiger partial charge in [0.05, 0.1) is 13.1 Å². The van der Waals surface area contributed by atoms with E-state index in [1.54, 1.807) is 0 Å². The average Bonchev–Trinajstić information content (AvgIpc) is 2.39. The number of aliphatic hydroxyl groups excluding tert-OH is 1. The van der Waals surface area contributed by atoms with E-state index >= 15 is 0 Å². The zero-order valence-corrected chi connectivity index (χ0v) is 12.1. The molecule has 1 aliphatic heterocycles. The van der Waals surface area contributed by atoms with Crippen molar-refractivity contribution in [2.75, 3.05) is 26.2 Å². The lowest BCUT2D eigenvalue weighted by atomic mass is 10.1. The van der Waals surface area contributed by atoms with Gasteiger partial charge in [-0.25, -0.2) is 0 Å². The van der Waals surface area contributed by atoms with E-state index in [2.05, 4.69) is 0 Å². The second kappa shape index (κ2) is 6.92. The van der Waals surface area contributed by atoms with Crippen molar-refractivity contribution >= 4 is 0 Å². The van der Waals surface area contributed by atoms with Gasteiger partial charge in [0.25, 0.3) is 0 Å². The van der Waals surface area contributed by atoms with Gasteiger partial charge in [-0.05, 0) is 44.2 Å². The Labute approximate surface area is 116 Å². The van der Waals surface area contributed by atoms with Crippen LogP contribution in [0.1, 0.15) is 30.4 Å². The van der Waals surface area contributed by atoms with E-state index < -0.39 is 0 Å². The molecule has 0 saturated carbocycles. The van der Waals surface area contributed by atoms with Crippen molar-refractivity contribution < 1.29 is 14.7 Å². The maximum atomic E-state index is 10.1. The zero-order valence-electron chi connectivity index (χ0n) is 12.1. The summed E-state index contributed by atoms with van der Waals surface area (Å²) in [5, 5.41) is 10.1. The molecule has 2 N–H and O–H groups in total. The van der Waals surface area contributed by atoms with Crippen LogP contribution in [-0.2, 0) is 0 Å². The molecule has 3 heteroatoms. The van der Waals surface area contributed by atoms with Gasteiger partial charge in [-0.2, -0.15) is 0 Å². The Bertz CT molecular complexity index is 379. The molecule has 0 spiro atoms. The molecule has 3 nitrogen and oxygen atoms in total. The van der Waals surface area contributed by atoms with Crippen molar-refractivity contribution in [2.45, 2.75) is 39.2 Å². The fraction of sp³-hybridized carbons (Fsp3) is 0.625. The van der Waals surface area contributed by atoms with Gasteiger partial charge >= 0.3 is 0 Å². The molecular weight excluding hydrogens is 238 g/mol. The third-order valence-corrected chi connectivity index (χ3v) is 3.91. The maximum absolute atomic E-state index is 10.1. The van der Waals surface area contributed by atoms with Gasteiger partial charge in [0.1, 0.15) is 25.0 Å². The SMILES string of the molecule is Cc1cccc(C)c1OCC(O)C[NH+]1CCCCC1. The number of hydrogen-bond donors (Lipinski definition) is 2. The number of ether oxygens (including phenoxy) is 1. The molecule has 0 aromatic heterocycles. The lowest BCUT2D eigenvalue weighted by molar-refractivity contribution is -0.908. The number of rotatable bonds is 5. The molecule has 0 radical (unpaired) electrons. The van der Waals surface area contributed by atoms with Crippen LogP contribution < -0.4 is 9.64 Å². The van der Waals surface area contributed by atoms with Crippen LogP contribution in [0.25, 0.3) is 0 Å². The number of aliphatic hydroxyl groups is 1. The first-order valence-electron chi connectivity index (χ1n) is 7.37. The summed E-state index contributed by atoms with van der Waals surface area (Å²) in [5.74, 6) is 0.926. The van der Waals surface area contributed by atoms with Crippen LogP contribution >= 0.6 is 0 Å². The zero-order chi connectivity index (χ0) is 13.7. The summed E-state index contributed by atoms with van der Waals surface area (Å²) in [6.45, 7) is 7.69. The Morgan fingerprint density at radius 3 is 2.42 bits per heavy atom. The number of para-hydroxylation sites is 1. The Hall–Kier alpha value is -1.06. The second-order valence-corrected chi connectivity index (χ2v) is 5.70. The van der Waals surface area contributed by atoms with Crippen LogP contribution in [0.2, 0.25) is 0 Å². The molecule has 106 valence electrons. The topological polar surface area (TPSA) is 33.9 Å². The van der Waals surface area contributed by atoms with Gasteiger partial charge in [0.15, 0.2) is 0 Å². The predicted molar refractivity (Wildman–Crippen MR) is 76.8 cm³/mol. The van der Waals surface area contributed by atoms with Crippen LogP contribution in [0.5, 0.6) is 5.75 Å². The van der Waals surface area contributed by atoms with E-state index in [1.807, 2.05) is 32.0 Å². The predicted octanol–water partition coefficient (Wildman–Crippen LogP) is 1.11. The number of aryl methyl sites for hydroxylation is 2. The maximum Gasteiger partial charge on any atom is 0.137 e. The molecule has 2 rings (SSSR count). The number of quaternary nitrogens is 1. The van der Waals surface area contributed by atoms with E-state index in [1.165, 1.54) is 37.3 Å². The van der Waals surface area contributed by atoms with Gasteiger partial charge in [0, 0.05) is 0 Å². The molecule has 1 heterocycles. The summed E-state index contributed by atoms with van der Waals surface area (Å²) < 4.78 is 5.81. The highest BCUT2D eigenvalue weighted by Gasteiger charge is 2.18. The van der Waals surface area contributed by atoms with Crippen LogP contribution in [0.15, 0.2) is 18.2 Å². The Kier molecular flexibility index (Phi) is 5.23. The summed E-state index contributed by atoms with van der Waals surface area (Å²) in [7, 11) is 0. The Morgan fingerprint density at radius 1 is 1.16 bits per heavy atom. The number of piperidine rings is 1. The lowest BCUT2D eigenvalue weighted by Crippen LogP contribution is -3.14. The molecule has 1 aromatic carbocycles. The molecule has 0 bridgehead atoms. The number of hydrogen-bond acceptors (Lipinski definition) is 2. The van der Waals surface area contributed by atoms with Gasteiger partial charge in [-0.15, -0.1) is 0 Å². The number of nitrogens with one attached hydrogen (secondary N) is 1. The summed E-state index contributed by atoms with van der Waals surface area (Å²) in [4.78, 5) is 1.52. The van der Waals surface area contributed by atoms with Crippen molar-refractivity contribution in [3.63, 3.8) is 0 Å². The van der Waals surface area contributed by atoms with E-state index in [0.717, 1.165) is 23.4 Å². The minimum Gasteiger partial charge on any atom is -0.490 e. The molecular formula is C16H26NO2+. The monoisotopic (exact) mass is 264 g/mol. The molecule has 0 amide bonds. The minimum atomic E-state index is -0.368. The van der Waals surface area contributed by atoms with Gasteiger partial charge < -0.3 is 14.7 Å². The summed E-state index contributed by atoms with van der Waals surface area (Å²) in [6, 6.07) is 6.13. The summed E-state index contributed by atoms with van der Waals surface area (Å²) in [5.41, 5.74) is 2.27. The van der Waals surface area contributed by atoms with Crippen LogP contribution in [0.4, 0.5) is 0 Å². The van der Waals surface area contributed by atoms with Gasteiger partial charge in [-0.1, -0.05) is 18.2 Å². The Balaban J connectivity index is 1.81. The van der Waals surface area contributed by atoms with Crippen molar-refractivity contribution in [3.05, 3.63) is 29.3 Å². The third-order valence-electron chi connectivity index (χ3n) is 3.91. The highest BCUT2D eigenvalue weighted by atomic mass is 16.5. The first-order valence-corrected chi connectivity index (χ1v) is 7.37. The molecule has 19 heavy (non-hydrogen) atoms. The lowest BCUT2D eigenvalue weighted by Gasteiger charge is -2.25. The normalized spacial score (nSPS) is 18.3. The largest absolute Gasteiger partial charge is 0.490 e. The fourth-order valence-electron chi connectivity index (χ4n) is 2.85. The average molecular weight is 264 g/mol. The molecule has 1 aromatic rings. The molecule has 1 aliphatic rings. The van der Waals surface area contributed by atoms with Crippen molar-refractivity contribution in [3.8, 4) is 5.75 Å². The third kappa shape index (κ3) is 4.22. The molecule has 1 unspecified atom stereocenters. The molecule has 1 saturated heterocycles. The van der Waals surface area contributed by atoms with Gasteiger partial charge in [-0.3, -0.25) is 0 Å². The summed E-state index contributed by atoms with van der Waals surface area (Å²) >= 11 is 0. The van der Waals surface area contributed by atoms with Crippen molar-refractivity contribution in [2.24, 2.45) is 0 Å². The van der Waals surface area contributed by atoms with E-state index in [9.17, 15) is 5.11 Å².